The molecule has 2 heterocycles. The van der Waals surface area contributed by atoms with Gasteiger partial charge in [-0.25, -0.2) is 4.52 Å². The van der Waals surface area contributed by atoms with Crippen molar-refractivity contribution in [2.24, 2.45) is 0 Å². The van der Waals surface area contributed by atoms with Crippen molar-refractivity contribution in [3.8, 4) is 0 Å². The number of anilines is 1. The number of fused-ring (bicyclic) bond motifs is 1. The molecule has 0 amide bonds. The maximum atomic E-state index is 4.41. The lowest BCUT2D eigenvalue weighted by molar-refractivity contribution is 0.740. The number of aromatic nitrogens is 3. The van der Waals surface area contributed by atoms with Crippen LogP contribution in [-0.2, 0) is 0 Å². The van der Waals surface area contributed by atoms with Gasteiger partial charge in [0.05, 0.1) is 0 Å². The molecule has 0 radical (unpaired) electrons. The molecule has 0 saturated heterocycles. The van der Waals surface area contributed by atoms with E-state index in [9.17, 15) is 0 Å². The Labute approximate surface area is 95.7 Å². The van der Waals surface area contributed by atoms with E-state index >= 15 is 0 Å². The van der Waals surface area contributed by atoms with Gasteiger partial charge in [-0.15, -0.1) is 5.10 Å². The fraction of sp³-hybridized carbons (Fsp3) is 0.500. The van der Waals surface area contributed by atoms with E-state index in [1.165, 1.54) is 24.8 Å². The lowest BCUT2D eigenvalue weighted by atomic mass is 10.2. The van der Waals surface area contributed by atoms with Crippen molar-refractivity contribution in [3.05, 3.63) is 23.9 Å². The Hall–Kier alpha value is -1.58. The molecule has 0 fully saturated rings. The number of pyridine rings is 1. The van der Waals surface area contributed by atoms with E-state index < -0.39 is 0 Å². The van der Waals surface area contributed by atoms with Crippen molar-refractivity contribution >= 4 is 11.6 Å². The standard InChI is InChI=1S/C12H18N4/c1-3-4-5-7-13-12-14-11-9-10(2)6-8-16(11)15-12/h6,8-9H,3-5,7H2,1-2H3,(H,13,15). The van der Waals surface area contributed by atoms with Gasteiger partial charge in [0, 0.05) is 12.7 Å². The Bertz CT molecular complexity index is 461. The Morgan fingerprint density at radius 1 is 1.38 bits per heavy atom. The van der Waals surface area contributed by atoms with Gasteiger partial charge in [0.1, 0.15) is 0 Å². The summed E-state index contributed by atoms with van der Waals surface area (Å²) in [5, 5.41) is 7.59. The van der Waals surface area contributed by atoms with Crippen LogP contribution in [0.2, 0.25) is 0 Å². The molecule has 86 valence electrons. The smallest absolute Gasteiger partial charge is 0.243 e. The van der Waals surface area contributed by atoms with Gasteiger partial charge in [-0.3, -0.25) is 0 Å². The van der Waals surface area contributed by atoms with Crippen molar-refractivity contribution in [1.29, 1.82) is 0 Å². The summed E-state index contributed by atoms with van der Waals surface area (Å²) < 4.78 is 1.80. The first-order valence-electron chi connectivity index (χ1n) is 5.86. The molecule has 2 rings (SSSR count). The van der Waals surface area contributed by atoms with Gasteiger partial charge < -0.3 is 5.32 Å². The summed E-state index contributed by atoms with van der Waals surface area (Å²) in [5.74, 6) is 0.724. The summed E-state index contributed by atoms with van der Waals surface area (Å²) >= 11 is 0. The number of nitrogens with one attached hydrogen (secondary N) is 1. The minimum absolute atomic E-state index is 0.724. The molecule has 0 aromatic carbocycles. The van der Waals surface area contributed by atoms with Gasteiger partial charge in [-0.05, 0) is 31.0 Å². The van der Waals surface area contributed by atoms with Crippen LogP contribution < -0.4 is 5.32 Å². The molecule has 0 bridgehead atoms. The second kappa shape index (κ2) is 4.96. The lowest BCUT2D eigenvalue weighted by Gasteiger charge is -1.98. The van der Waals surface area contributed by atoms with Crippen LogP contribution in [-0.4, -0.2) is 21.1 Å². The van der Waals surface area contributed by atoms with Gasteiger partial charge >= 0.3 is 0 Å². The molecule has 4 nitrogen and oxygen atoms in total. The maximum Gasteiger partial charge on any atom is 0.243 e. The van der Waals surface area contributed by atoms with Crippen LogP contribution in [0, 0.1) is 6.92 Å². The van der Waals surface area contributed by atoms with E-state index in [0.29, 0.717) is 0 Å². The first-order chi connectivity index (χ1) is 7.79. The van der Waals surface area contributed by atoms with Crippen LogP contribution >= 0.6 is 0 Å². The Morgan fingerprint density at radius 3 is 3.06 bits per heavy atom. The highest BCUT2D eigenvalue weighted by molar-refractivity contribution is 5.45. The van der Waals surface area contributed by atoms with Crippen LogP contribution in [0.4, 0.5) is 5.95 Å². The van der Waals surface area contributed by atoms with E-state index in [1.54, 1.807) is 4.52 Å². The zero-order chi connectivity index (χ0) is 11.4. The molecule has 16 heavy (non-hydrogen) atoms. The zero-order valence-electron chi connectivity index (χ0n) is 9.90. The van der Waals surface area contributed by atoms with Crippen molar-refractivity contribution in [3.63, 3.8) is 0 Å². The number of aryl methyl sites for hydroxylation is 1. The van der Waals surface area contributed by atoms with Gasteiger partial charge in [-0.1, -0.05) is 19.8 Å². The number of rotatable bonds is 5. The van der Waals surface area contributed by atoms with E-state index in [0.717, 1.165) is 18.1 Å². The molecule has 0 spiro atoms. The van der Waals surface area contributed by atoms with Crippen molar-refractivity contribution in [2.75, 3.05) is 11.9 Å². The number of hydrogen-bond donors (Lipinski definition) is 1. The number of hydrogen-bond acceptors (Lipinski definition) is 3. The van der Waals surface area contributed by atoms with Crippen molar-refractivity contribution in [2.45, 2.75) is 33.1 Å². The fourth-order valence-electron chi connectivity index (χ4n) is 1.63. The summed E-state index contributed by atoms with van der Waals surface area (Å²) in [6.07, 6.45) is 5.60. The summed E-state index contributed by atoms with van der Waals surface area (Å²) in [7, 11) is 0. The summed E-state index contributed by atoms with van der Waals surface area (Å²) in [6.45, 7) is 5.21. The van der Waals surface area contributed by atoms with Gasteiger partial charge in [-0.2, -0.15) is 4.98 Å². The quantitative estimate of drug-likeness (QED) is 0.784. The SMILES string of the molecule is CCCCCNc1nc2cc(C)ccn2n1. The predicted octanol–water partition coefficient (Wildman–Crippen LogP) is 2.64. The largest absolute Gasteiger partial charge is 0.353 e. The highest BCUT2D eigenvalue weighted by atomic mass is 15.3. The fourth-order valence-corrected chi connectivity index (χ4v) is 1.63. The van der Waals surface area contributed by atoms with E-state index in [-0.39, 0.29) is 0 Å². The molecule has 1 N–H and O–H groups in total. The predicted molar refractivity (Wildman–Crippen MR) is 65.7 cm³/mol. The molecule has 4 heteroatoms. The first-order valence-corrected chi connectivity index (χ1v) is 5.86. The van der Waals surface area contributed by atoms with Crippen LogP contribution in [0.25, 0.3) is 5.65 Å². The molecule has 0 aliphatic carbocycles. The average Bonchev–Trinajstić information content (AvgIpc) is 2.66. The van der Waals surface area contributed by atoms with Gasteiger partial charge in [0.15, 0.2) is 5.65 Å². The zero-order valence-corrected chi connectivity index (χ0v) is 9.90. The topological polar surface area (TPSA) is 42.2 Å². The molecule has 0 aliphatic heterocycles. The second-order valence-corrected chi connectivity index (χ2v) is 4.08. The van der Waals surface area contributed by atoms with Crippen LogP contribution in [0.5, 0.6) is 0 Å². The highest BCUT2D eigenvalue weighted by Gasteiger charge is 2.01. The molecular formula is C12H18N4. The third-order valence-corrected chi connectivity index (χ3v) is 2.56. The van der Waals surface area contributed by atoms with Crippen LogP contribution in [0.1, 0.15) is 31.7 Å². The Kier molecular flexibility index (Phi) is 3.39. The molecule has 0 atom stereocenters. The highest BCUT2D eigenvalue weighted by Crippen LogP contribution is 2.07. The lowest BCUT2D eigenvalue weighted by Crippen LogP contribution is -2.02. The summed E-state index contributed by atoms with van der Waals surface area (Å²) in [5.41, 5.74) is 2.11. The molecule has 0 aliphatic rings. The number of nitrogens with zero attached hydrogens (tertiary/aromatic N) is 3. The maximum absolute atomic E-state index is 4.41. The number of unbranched alkanes of at least 4 members (excludes halogenated alkanes) is 2. The van der Waals surface area contributed by atoms with Gasteiger partial charge in [0.25, 0.3) is 0 Å². The summed E-state index contributed by atoms with van der Waals surface area (Å²) in [6, 6.07) is 4.06. The third kappa shape index (κ3) is 2.51. The van der Waals surface area contributed by atoms with Crippen LogP contribution in [0.3, 0.4) is 0 Å². The minimum Gasteiger partial charge on any atom is -0.353 e. The Morgan fingerprint density at radius 2 is 2.25 bits per heavy atom. The second-order valence-electron chi connectivity index (χ2n) is 4.08. The van der Waals surface area contributed by atoms with Crippen LogP contribution in [0.15, 0.2) is 18.3 Å². The third-order valence-electron chi connectivity index (χ3n) is 2.56. The van der Waals surface area contributed by atoms with Crippen molar-refractivity contribution in [1.82, 2.24) is 14.6 Å². The molecule has 0 unspecified atom stereocenters. The average molecular weight is 218 g/mol. The molecule has 0 saturated carbocycles. The van der Waals surface area contributed by atoms with Gasteiger partial charge in [0.2, 0.25) is 5.95 Å². The summed E-state index contributed by atoms with van der Waals surface area (Å²) in [4.78, 5) is 4.41. The van der Waals surface area contributed by atoms with E-state index in [2.05, 4.69) is 29.2 Å². The molecule has 2 aromatic rings. The molecular weight excluding hydrogens is 200 g/mol. The van der Waals surface area contributed by atoms with E-state index in [1.807, 2.05) is 18.3 Å². The first kappa shape index (κ1) is 10.9. The van der Waals surface area contributed by atoms with Crippen molar-refractivity contribution < 1.29 is 0 Å². The molecule has 2 aromatic heterocycles. The van der Waals surface area contributed by atoms with E-state index in [4.69, 9.17) is 0 Å². The minimum atomic E-state index is 0.724. The monoisotopic (exact) mass is 218 g/mol. The normalized spacial score (nSPS) is 10.9. The Balaban J connectivity index is 2.02.